The summed E-state index contributed by atoms with van der Waals surface area (Å²) in [5.74, 6) is -0.511. The maximum absolute atomic E-state index is 13.5. The van der Waals surface area contributed by atoms with Crippen molar-refractivity contribution in [3.63, 3.8) is 0 Å². The summed E-state index contributed by atoms with van der Waals surface area (Å²) in [6, 6.07) is 11.8. The fourth-order valence-corrected chi connectivity index (χ4v) is 2.62. The van der Waals surface area contributed by atoms with Crippen molar-refractivity contribution in [3.05, 3.63) is 59.4 Å². The fraction of sp³-hybridized carbons (Fsp3) is 0.316. The maximum atomic E-state index is 13.5. The number of carbonyl (C=O) groups excluding carboxylic acids is 1. The summed E-state index contributed by atoms with van der Waals surface area (Å²) in [7, 11) is 3.74. The van der Waals surface area contributed by atoms with Crippen molar-refractivity contribution in [3.8, 4) is 0 Å². The first-order chi connectivity index (χ1) is 11.9. The number of hydrogen-bond donors (Lipinski definition) is 3. The number of aliphatic hydroxyl groups excluding tert-OH is 1. The maximum Gasteiger partial charge on any atom is 0.251 e. The second-order valence-corrected chi connectivity index (χ2v) is 6.02. The van der Waals surface area contributed by atoms with E-state index in [0.717, 1.165) is 16.9 Å². The quantitative estimate of drug-likeness (QED) is 0.722. The Kier molecular flexibility index (Phi) is 6.36. The molecule has 0 aliphatic heterocycles. The van der Waals surface area contributed by atoms with Gasteiger partial charge < -0.3 is 20.6 Å². The molecular weight excluding hydrogens is 321 g/mol. The Morgan fingerprint density at radius 1 is 1.24 bits per heavy atom. The summed E-state index contributed by atoms with van der Waals surface area (Å²) in [6.45, 7) is 2.10. The van der Waals surface area contributed by atoms with E-state index in [1.807, 2.05) is 32.0 Å². The Bertz CT molecular complexity index is 734. The van der Waals surface area contributed by atoms with Gasteiger partial charge in [0.1, 0.15) is 5.82 Å². The SMILES string of the molecule is CC(Nc1cccc(C(=O)NCCO)c1)c1ccc(F)cc1N(C)C. The molecular formula is C19H24FN3O2. The zero-order valence-electron chi connectivity index (χ0n) is 14.7. The number of nitrogens with zero attached hydrogens (tertiary/aromatic N) is 1. The Morgan fingerprint density at radius 3 is 2.68 bits per heavy atom. The van der Waals surface area contributed by atoms with Crippen LogP contribution in [0.2, 0.25) is 0 Å². The summed E-state index contributed by atoms with van der Waals surface area (Å²) >= 11 is 0. The van der Waals surface area contributed by atoms with E-state index in [2.05, 4.69) is 10.6 Å². The van der Waals surface area contributed by atoms with E-state index >= 15 is 0 Å². The summed E-state index contributed by atoms with van der Waals surface area (Å²) in [6.07, 6.45) is 0. The molecule has 1 unspecified atom stereocenters. The number of anilines is 2. The lowest BCUT2D eigenvalue weighted by Crippen LogP contribution is -2.26. The van der Waals surface area contributed by atoms with Crippen LogP contribution in [0.5, 0.6) is 0 Å². The van der Waals surface area contributed by atoms with E-state index in [-0.39, 0.29) is 30.9 Å². The highest BCUT2D eigenvalue weighted by Crippen LogP contribution is 2.28. The van der Waals surface area contributed by atoms with Crippen LogP contribution in [0.1, 0.15) is 28.9 Å². The Labute approximate surface area is 147 Å². The van der Waals surface area contributed by atoms with Crippen molar-refractivity contribution in [2.45, 2.75) is 13.0 Å². The third kappa shape index (κ3) is 4.93. The third-order valence-electron chi connectivity index (χ3n) is 3.85. The first-order valence-electron chi connectivity index (χ1n) is 8.15. The van der Waals surface area contributed by atoms with Crippen molar-refractivity contribution < 1.29 is 14.3 Å². The summed E-state index contributed by atoms with van der Waals surface area (Å²) in [5.41, 5.74) is 3.06. The summed E-state index contributed by atoms with van der Waals surface area (Å²) < 4.78 is 13.5. The molecule has 0 bridgehead atoms. The molecule has 5 nitrogen and oxygen atoms in total. The van der Waals surface area contributed by atoms with Gasteiger partial charge in [-0.15, -0.1) is 0 Å². The summed E-state index contributed by atoms with van der Waals surface area (Å²) in [4.78, 5) is 13.9. The second-order valence-electron chi connectivity index (χ2n) is 6.02. The third-order valence-corrected chi connectivity index (χ3v) is 3.85. The van der Waals surface area contributed by atoms with Gasteiger partial charge in [0.05, 0.1) is 12.6 Å². The van der Waals surface area contributed by atoms with Crippen LogP contribution in [-0.2, 0) is 0 Å². The van der Waals surface area contributed by atoms with Gasteiger partial charge >= 0.3 is 0 Å². The molecule has 1 amide bonds. The molecule has 2 aromatic rings. The van der Waals surface area contributed by atoms with Gasteiger partial charge in [-0.05, 0) is 42.8 Å². The summed E-state index contributed by atoms with van der Waals surface area (Å²) in [5, 5.41) is 14.8. The number of aliphatic hydroxyl groups is 1. The lowest BCUT2D eigenvalue weighted by atomic mass is 10.0. The predicted octanol–water partition coefficient (Wildman–Crippen LogP) is 2.79. The Balaban J connectivity index is 2.18. The number of rotatable bonds is 7. The molecule has 0 saturated heterocycles. The number of halogens is 1. The number of carbonyl (C=O) groups is 1. The van der Waals surface area contributed by atoms with Crippen molar-refractivity contribution in [2.75, 3.05) is 37.5 Å². The van der Waals surface area contributed by atoms with E-state index in [0.29, 0.717) is 5.56 Å². The molecule has 134 valence electrons. The Hall–Kier alpha value is -2.60. The van der Waals surface area contributed by atoms with E-state index in [4.69, 9.17) is 5.11 Å². The van der Waals surface area contributed by atoms with Crippen LogP contribution >= 0.6 is 0 Å². The molecule has 0 radical (unpaired) electrons. The smallest absolute Gasteiger partial charge is 0.251 e. The largest absolute Gasteiger partial charge is 0.395 e. The molecule has 0 aliphatic carbocycles. The number of amides is 1. The molecule has 0 aromatic heterocycles. The predicted molar refractivity (Wildman–Crippen MR) is 98.6 cm³/mol. The van der Waals surface area contributed by atoms with Gasteiger partial charge in [0.2, 0.25) is 0 Å². The molecule has 0 fully saturated rings. The first-order valence-corrected chi connectivity index (χ1v) is 8.15. The number of hydrogen-bond acceptors (Lipinski definition) is 4. The zero-order valence-corrected chi connectivity index (χ0v) is 14.7. The van der Waals surface area contributed by atoms with E-state index in [1.165, 1.54) is 12.1 Å². The van der Waals surface area contributed by atoms with Crippen LogP contribution in [0, 0.1) is 5.82 Å². The van der Waals surface area contributed by atoms with Crippen LogP contribution in [0.4, 0.5) is 15.8 Å². The molecule has 25 heavy (non-hydrogen) atoms. The minimum atomic E-state index is -0.276. The average Bonchev–Trinajstić information content (AvgIpc) is 2.59. The highest BCUT2D eigenvalue weighted by molar-refractivity contribution is 5.95. The minimum Gasteiger partial charge on any atom is -0.395 e. The minimum absolute atomic E-state index is 0.0752. The van der Waals surface area contributed by atoms with Gasteiger partial charge in [0.25, 0.3) is 5.91 Å². The van der Waals surface area contributed by atoms with Crippen LogP contribution < -0.4 is 15.5 Å². The van der Waals surface area contributed by atoms with E-state index < -0.39 is 0 Å². The first kappa shape index (κ1) is 18.7. The van der Waals surface area contributed by atoms with Crippen LogP contribution in [0.15, 0.2) is 42.5 Å². The van der Waals surface area contributed by atoms with Gasteiger partial charge in [0.15, 0.2) is 0 Å². The molecule has 0 heterocycles. The van der Waals surface area contributed by atoms with E-state index in [1.54, 1.807) is 24.3 Å². The Morgan fingerprint density at radius 2 is 2.00 bits per heavy atom. The van der Waals surface area contributed by atoms with Crippen LogP contribution in [0.3, 0.4) is 0 Å². The second kappa shape index (κ2) is 8.48. The van der Waals surface area contributed by atoms with Crippen molar-refractivity contribution in [2.24, 2.45) is 0 Å². The lowest BCUT2D eigenvalue weighted by Gasteiger charge is -2.23. The molecule has 3 N–H and O–H groups in total. The molecule has 1 atom stereocenters. The lowest BCUT2D eigenvalue weighted by molar-refractivity contribution is 0.0945. The van der Waals surface area contributed by atoms with Gasteiger partial charge in [-0.3, -0.25) is 4.79 Å². The molecule has 2 aromatic carbocycles. The van der Waals surface area contributed by atoms with Crippen molar-refractivity contribution >= 4 is 17.3 Å². The highest BCUT2D eigenvalue weighted by Gasteiger charge is 2.14. The highest BCUT2D eigenvalue weighted by atomic mass is 19.1. The van der Waals surface area contributed by atoms with Gasteiger partial charge in [-0.2, -0.15) is 0 Å². The molecule has 0 aliphatic rings. The normalized spacial score (nSPS) is 11.7. The molecule has 0 spiro atoms. The number of benzene rings is 2. The standard InChI is InChI=1S/C19H24FN3O2/c1-13(17-8-7-15(20)12-18(17)23(2)3)22-16-6-4-5-14(11-16)19(25)21-9-10-24/h4-8,11-13,22,24H,9-10H2,1-3H3,(H,21,25). The van der Waals surface area contributed by atoms with Crippen LogP contribution in [-0.4, -0.2) is 38.3 Å². The van der Waals surface area contributed by atoms with Gasteiger partial charge in [-0.1, -0.05) is 12.1 Å². The average molecular weight is 345 g/mol. The number of nitrogens with one attached hydrogen (secondary N) is 2. The molecule has 2 rings (SSSR count). The van der Waals surface area contributed by atoms with Crippen molar-refractivity contribution in [1.29, 1.82) is 0 Å². The van der Waals surface area contributed by atoms with E-state index in [9.17, 15) is 9.18 Å². The molecule has 6 heteroatoms. The monoisotopic (exact) mass is 345 g/mol. The van der Waals surface area contributed by atoms with Gasteiger partial charge in [-0.25, -0.2) is 4.39 Å². The topological polar surface area (TPSA) is 64.6 Å². The van der Waals surface area contributed by atoms with Gasteiger partial charge in [0, 0.05) is 37.6 Å². The molecule has 0 saturated carbocycles. The van der Waals surface area contributed by atoms with Crippen LogP contribution in [0.25, 0.3) is 0 Å². The fourth-order valence-electron chi connectivity index (χ4n) is 2.62. The zero-order chi connectivity index (χ0) is 18.4. The van der Waals surface area contributed by atoms with Crippen molar-refractivity contribution in [1.82, 2.24) is 5.32 Å².